The van der Waals surface area contributed by atoms with Crippen LogP contribution in [0.3, 0.4) is 0 Å². The molecule has 6 nitrogen and oxygen atoms in total. The van der Waals surface area contributed by atoms with Gasteiger partial charge in [-0.25, -0.2) is 4.98 Å². The first-order valence-corrected chi connectivity index (χ1v) is 9.99. The van der Waals surface area contributed by atoms with Crippen LogP contribution in [0.2, 0.25) is 0 Å². The zero-order valence-electron chi connectivity index (χ0n) is 15.6. The normalized spacial score (nSPS) is 12.0. The van der Waals surface area contributed by atoms with Crippen molar-refractivity contribution >= 4 is 27.5 Å². The lowest BCUT2D eigenvalue weighted by Crippen LogP contribution is -2.13. The van der Waals surface area contributed by atoms with E-state index >= 15 is 0 Å². The molecule has 2 heterocycles. The predicted molar refractivity (Wildman–Crippen MR) is 116 cm³/mol. The average Bonchev–Trinajstić information content (AvgIpc) is 3.43. The summed E-state index contributed by atoms with van der Waals surface area (Å²) in [5.74, 6) is 1.99. The number of aromatic nitrogens is 1. The lowest BCUT2D eigenvalue weighted by atomic mass is 10.1. The second-order valence-electron chi connectivity index (χ2n) is 6.61. The Balaban J connectivity index is 1.44. The van der Waals surface area contributed by atoms with Crippen LogP contribution in [0.25, 0.3) is 22.8 Å². The van der Waals surface area contributed by atoms with Crippen molar-refractivity contribution in [3.63, 3.8) is 0 Å². The van der Waals surface area contributed by atoms with Crippen molar-refractivity contribution in [1.82, 2.24) is 4.98 Å². The van der Waals surface area contributed by atoms with Crippen molar-refractivity contribution in [3.8, 4) is 34.3 Å². The fraction of sp³-hybridized carbons (Fsp3) is 0.0435. The molecule has 0 unspecified atom stereocenters. The second-order valence-corrected chi connectivity index (χ2v) is 7.52. The van der Waals surface area contributed by atoms with Crippen molar-refractivity contribution in [1.29, 1.82) is 0 Å². The van der Waals surface area contributed by atoms with E-state index < -0.39 is 0 Å². The molecule has 0 aliphatic carbocycles. The van der Waals surface area contributed by atoms with Gasteiger partial charge in [0.15, 0.2) is 17.3 Å². The monoisotopic (exact) mass is 462 g/mol. The van der Waals surface area contributed by atoms with E-state index in [2.05, 4.69) is 26.2 Å². The van der Waals surface area contributed by atoms with Gasteiger partial charge in [-0.1, -0.05) is 40.2 Å². The summed E-state index contributed by atoms with van der Waals surface area (Å²) >= 11 is 3.46. The summed E-state index contributed by atoms with van der Waals surface area (Å²) in [6.07, 6.45) is 1.66. The van der Waals surface area contributed by atoms with Crippen LogP contribution >= 0.6 is 15.9 Å². The van der Waals surface area contributed by atoms with E-state index in [1.807, 2.05) is 36.4 Å². The summed E-state index contributed by atoms with van der Waals surface area (Å²) in [5, 5.41) is 2.89. The van der Waals surface area contributed by atoms with Crippen LogP contribution < -0.4 is 14.8 Å². The molecule has 0 radical (unpaired) electrons. The van der Waals surface area contributed by atoms with Crippen molar-refractivity contribution in [2.45, 2.75) is 0 Å². The Hall–Kier alpha value is -3.58. The number of hydrogen-bond acceptors (Lipinski definition) is 5. The smallest absolute Gasteiger partial charge is 0.256 e. The number of nitrogens with one attached hydrogen (secondary N) is 1. The minimum absolute atomic E-state index is 0.181. The van der Waals surface area contributed by atoms with Crippen LogP contribution in [0.4, 0.5) is 5.69 Å². The summed E-state index contributed by atoms with van der Waals surface area (Å²) in [5.41, 5.74) is 2.57. The largest absolute Gasteiger partial charge is 0.454 e. The molecule has 3 aromatic carbocycles. The van der Waals surface area contributed by atoms with Crippen LogP contribution in [0.5, 0.6) is 11.5 Å². The first-order chi connectivity index (χ1) is 14.7. The Morgan fingerprint density at radius 2 is 1.83 bits per heavy atom. The van der Waals surface area contributed by atoms with Crippen molar-refractivity contribution in [2.75, 3.05) is 12.1 Å². The number of ether oxygens (including phenoxy) is 2. The summed E-state index contributed by atoms with van der Waals surface area (Å²) in [4.78, 5) is 17.4. The van der Waals surface area contributed by atoms with Gasteiger partial charge in [0.05, 0.1) is 11.8 Å². The standard InChI is InChI=1S/C23H15BrN2O4/c24-15-5-3-4-14(10-15)21-12-25-23(30-21)18-7-2-1-6-17(18)22(27)26-16-8-9-19-20(11-16)29-13-28-19/h1-12H,13H2,(H,26,27). The number of anilines is 1. The number of benzene rings is 3. The summed E-state index contributed by atoms with van der Waals surface area (Å²) in [6, 6.07) is 20.2. The summed E-state index contributed by atoms with van der Waals surface area (Å²) < 4.78 is 17.6. The van der Waals surface area contributed by atoms with Gasteiger partial charge in [0.25, 0.3) is 5.91 Å². The molecule has 0 saturated heterocycles. The minimum atomic E-state index is -0.272. The average molecular weight is 463 g/mol. The molecule has 30 heavy (non-hydrogen) atoms. The fourth-order valence-electron chi connectivity index (χ4n) is 3.21. The number of fused-ring (bicyclic) bond motifs is 1. The summed E-state index contributed by atoms with van der Waals surface area (Å²) in [6.45, 7) is 0.181. The van der Waals surface area contributed by atoms with E-state index in [0.29, 0.717) is 40.0 Å². The first kappa shape index (κ1) is 18.4. The Kier molecular flexibility index (Phi) is 4.72. The van der Waals surface area contributed by atoms with E-state index in [1.54, 1.807) is 36.5 Å². The second kappa shape index (κ2) is 7.68. The molecule has 5 rings (SSSR count). The molecule has 1 aliphatic rings. The van der Waals surface area contributed by atoms with E-state index in [0.717, 1.165) is 10.0 Å². The minimum Gasteiger partial charge on any atom is -0.454 e. The molecule has 1 aromatic heterocycles. The molecule has 1 aliphatic heterocycles. The van der Waals surface area contributed by atoms with Gasteiger partial charge in [-0.2, -0.15) is 0 Å². The van der Waals surface area contributed by atoms with Crippen LogP contribution in [-0.2, 0) is 0 Å². The van der Waals surface area contributed by atoms with Gasteiger partial charge in [0.1, 0.15) is 0 Å². The molecular weight excluding hydrogens is 448 g/mol. The van der Waals surface area contributed by atoms with Gasteiger partial charge in [0.2, 0.25) is 12.7 Å². The highest BCUT2D eigenvalue weighted by atomic mass is 79.9. The van der Waals surface area contributed by atoms with Gasteiger partial charge in [-0.15, -0.1) is 0 Å². The van der Waals surface area contributed by atoms with E-state index in [4.69, 9.17) is 13.9 Å². The summed E-state index contributed by atoms with van der Waals surface area (Å²) in [7, 11) is 0. The van der Waals surface area contributed by atoms with Gasteiger partial charge in [0, 0.05) is 27.4 Å². The molecule has 0 spiro atoms. The van der Waals surface area contributed by atoms with Crippen LogP contribution in [0.1, 0.15) is 10.4 Å². The molecule has 4 aromatic rings. The molecular formula is C23H15BrN2O4. The van der Waals surface area contributed by atoms with Crippen molar-refractivity contribution < 1.29 is 18.7 Å². The van der Waals surface area contributed by atoms with Crippen LogP contribution in [0.15, 0.2) is 81.8 Å². The Morgan fingerprint density at radius 3 is 2.73 bits per heavy atom. The highest BCUT2D eigenvalue weighted by Gasteiger charge is 2.19. The third kappa shape index (κ3) is 3.55. The van der Waals surface area contributed by atoms with Gasteiger partial charge >= 0.3 is 0 Å². The van der Waals surface area contributed by atoms with Gasteiger partial charge < -0.3 is 19.2 Å². The Morgan fingerprint density at radius 1 is 0.967 bits per heavy atom. The third-order valence-corrected chi connectivity index (χ3v) is 5.14. The maximum Gasteiger partial charge on any atom is 0.256 e. The third-order valence-electron chi connectivity index (χ3n) is 4.65. The number of hydrogen-bond donors (Lipinski definition) is 1. The van der Waals surface area contributed by atoms with Crippen LogP contribution in [0, 0.1) is 0 Å². The Labute approximate surface area is 180 Å². The molecule has 0 bridgehead atoms. The SMILES string of the molecule is O=C(Nc1ccc2c(c1)OCO2)c1ccccc1-c1ncc(-c2cccc(Br)c2)o1. The first-order valence-electron chi connectivity index (χ1n) is 9.19. The highest BCUT2D eigenvalue weighted by Crippen LogP contribution is 2.35. The zero-order valence-corrected chi connectivity index (χ0v) is 17.2. The van der Waals surface area contributed by atoms with E-state index in [-0.39, 0.29) is 12.7 Å². The van der Waals surface area contributed by atoms with Crippen LogP contribution in [-0.4, -0.2) is 17.7 Å². The quantitative estimate of drug-likeness (QED) is 0.417. The number of oxazole rings is 1. The maximum absolute atomic E-state index is 13.0. The van der Waals surface area contributed by atoms with Gasteiger partial charge in [-0.3, -0.25) is 4.79 Å². The highest BCUT2D eigenvalue weighted by molar-refractivity contribution is 9.10. The van der Waals surface area contributed by atoms with E-state index in [9.17, 15) is 4.79 Å². The number of carbonyl (C=O) groups is 1. The maximum atomic E-state index is 13.0. The number of carbonyl (C=O) groups excluding carboxylic acids is 1. The van der Waals surface area contributed by atoms with Crippen molar-refractivity contribution in [3.05, 3.63) is 83.0 Å². The zero-order chi connectivity index (χ0) is 20.5. The number of rotatable bonds is 4. The topological polar surface area (TPSA) is 73.6 Å². The van der Waals surface area contributed by atoms with Crippen molar-refractivity contribution in [2.24, 2.45) is 0 Å². The lowest BCUT2D eigenvalue weighted by Gasteiger charge is -2.09. The Bertz CT molecular complexity index is 1250. The number of halogens is 1. The molecule has 0 fully saturated rings. The molecule has 148 valence electrons. The lowest BCUT2D eigenvalue weighted by molar-refractivity contribution is 0.102. The molecule has 7 heteroatoms. The number of nitrogens with zero attached hydrogens (tertiary/aromatic N) is 1. The van der Waals surface area contributed by atoms with E-state index in [1.165, 1.54) is 0 Å². The molecule has 1 amide bonds. The predicted octanol–water partition coefficient (Wildman–Crippen LogP) is 5.75. The van der Waals surface area contributed by atoms with Gasteiger partial charge in [-0.05, 0) is 36.4 Å². The fourth-order valence-corrected chi connectivity index (χ4v) is 3.61. The molecule has 0 saturated carbocycles. The molecule has 0 atom stereocenters. The number of amides is 1. The molecule has 1 N–H and O–H groups in total.